The standard InChI is InChI=1S/C21H23N3O4S2/c1-28-17-8-4-15(5-9-17)11-22-20(25)10-14-2-6-16(7-3-14)23-21-24-18-12-30(26,27)13-19(18)29-21/h2-9,18-19H,10-13H2,1H3,(H,22,25)(H,23,24)/t18-,19+/m0/s1. The molecule has 2 aliphatic rings. The van der Waals surface area contributed by atoms with Crippen LogP contribution in [-0.2, 0) is 27.6 Å². The van der Waals surface area contributed by atoms with E-state index in [0.29, 0.717) is 13.0 Å². The molecule has 0 saturated carbocycles. The highest BCUT2D eigenvalue weighted by Gasteiger charge is 2.42. The van der Waals surface area contributed by atoms with E-state index in [4.69, 9.17) is 4.74 Å². The molecule has 0 aromatic heterocycles. The summed E-state index contributed by atoms with van der Waals surface area (Å²) in [5, 5.41) is 6.94. The lowest BCUT2D eigenvalue weighted by Crippen LogP contribution is -2.24. The number of fused-ring (bicyclic) bond motifs is 1. The number of methoxy groups -OCH3 is 1. The highest BCUT2D eigenvalue weighted by Crippen LogP contribution is 2.34. The van der Waals surface area contributed by atoms with E-state index in [-0.39, 0.29) is 28.7 Å². The van der Waals surface area contributed by atoms with Crippen molar-refractivity contribution >= 4 is 38.4 Å². The minimum absolute atomic E-state index is 0.0196. The van der Waals surface area contributed by atoms with Gasteiger partial charge in [0.25, 0.3) is 0 Å². The molecule has 1 saturated heterocycles. The predicted molar refractivity (Wildman–Crippen MR) is 120 cm³/mol. The quantitative estimate of drug-likeness (QED) is 0.708. The number of thioether (sulfide) groups is 1. The molecular weight excluding hydrogens is 422 g/mol. The molecule has 1 fully saturated rings. The summed E-state index contributed by atoms with van der Waals surface area (Å²) in [4.78, 5) is 16.7. The highest BCUT2D eigenvalue weighted by atomic mass is 32.2. The van der Waals surface area contributed by atoms with Crippen LogP contribution < -0.4 is 15.4 Å². The van der Waals surface area contributed by atoms with Gasteiger partial charge in [-0.15, -0.1) is 0 Å². The average Bonchev–Trinajstić information content (AvgIpc) is 3.20. The number of ether oxygens (including phenoxy) is 1. The number of sulfone groups is 1. The highest BCUT2D eigenvalue weighted by molar-refractivity contribution is 8.15. The minimum atomic E-state index is -2.94. The normalized spacial score (nSPS) is 21.6. The third-order valence-corrected chi connectivity index (χ3v) is 8.18. The fraction of sp³-hybridized carbons (Fsp3) is 0.333. The first-order valence-corrected chi connectivity index (χ1v) is 12.3. The molecular formula is C21H23N3O4S2. The number of amides is 1. The number of hydrogen-bond donors (Lipinski definition) is 2. The zero-order valence-electron chi connectivity index (χ0n) is 16.5. The molecule has 0 unspecified atom stereocenters. The number of anilines is 1. The summed E-state index contributed by atoms with van der Waals surface area (Å²) >= 11 is 1.49. The van der Waals surface area contributed by atoms with Crippen LogP contribution in [0.4, 0.5) is 5.69 Å². The number of hydrogen-bond acceptors (Lipinski definition) is 7. The maximum atomic E-state index is 12.2. The van der Waals surface area contributed by atoms with Crippen LogP contribution in [0, 0.1) is 0 Å². The van der Waals surface area contributed by atoms with Gasteiger partial charge in [0.15, 0.2) is 15.0 Å². The van der Waals surface area contributed by atoms with Crippen molar-refractivity contribution in [3.63, 3.8) is 0 Å². The average molecular weight is 446 g/mol. The van der Waals surface area contributed by atoms with Crippen LogP contribution in [0.2, 0.25) is 0 Å². The van der Waals surface area contributed by atoms with E-state index in [1.807, 2.05) is 48.5 Å². The Hall–Kier alpha value is -2.52. The molecule has 0 aliphatic carbocycles. The lowest BCUT2D eigenvalue weighted by atomic mass is 10.1. The molecule has 2 aliphatic heterocycles. The van der Waals surface area contributed by atoms with Crippen LogP contribution in [0.15, 0.2) is 53.5 Å². The number of carbonyl (C=O) groups is 1. The van der Waals surface area contributed by atoms with Gasteiger partial charge in [0.1, 0.15) is 5.75 Å². The smallest absolute Gasteiger partial charge is 0.224 e. The van der Waals surface area contributed by atoms with Crippen molar-refractivity contribution in [2.45, 2.75) is 24.3 Å². The van der Waals surface area contributed by atoms with Gasteiger partial charge in [0.2, 0.25) is 5.91 Å². The van der Waals surface area contributed by atoms with Crippen molar-refractivity contribution in [1.82, 2.24) is 5.32 Å². The number of amidine groups is 1. The van der Waals surface area contributed by atoms with E-state index in [1.165, 1.54) is 11.8 Å². The van der Waals surface area contributed by atoms with Gasteiger partial charge in [0, 0.05) is 17.5 Å². The third kappa shape index (κ3) is 5.14. The molecule has 2 aromatic rings. The lowest BCUT2D eigenvalue weighted by Gasteiger charge is -2.09. The Labute approximate surface area is 180 Å². The molecule has 2 atom stereocenters. The van der Waals surface area contributed by atoms with Crippen LogP contribution in [-0.4, -0.2) is 49.4 Å². The second kappa shape index (κ2) is 8.69. The number of aliphatic imine (C=N–C) groups is 1. The fourth-order valence-corrected chi connectivity index (χ4v) is 7.11. The summed E-state index contributed by atoms with van der Waals surface area (Å²) in [7, 11) is -1.32. The fourth-order valence-electron chi connectivity index (χ4n) is 3.44. The van der Waals surface area contributed by atoms with Crippen LogP contribution in [0.5, 0.6) is 5.75 Å². The number of rotatable bonds is 6. The lowest BCUT2D eigenvalue weighted by molar-refractivity contribution is -0.120. The zero-order chi connectivity index (χ0) is 21.1. The Morgan fingerprint density at radius 3 is 2.47 bits per heavy atom. The van der Waals surface area contributed by atoms with E-state index in [1.54, 1.807) is 7.11 Å². The van der Waals surface area contributed by atoms with Crippen molar-refractivity contribution in [1.29, 1.82) is 0 Å². The monoisotopic (exact) mass is 445 g/mol. The first kappa shape index (κ1) is 20.7. The molecule has 4 rings (SSSR count). The van der Waals surface area contributed by atoms with Crippen molar-refractivity contribution < 1.29 is 17.9 Å². The van der Waals surface area contributed by atoms with E-state index in [0.717, 1.165) is 27.7 Å². The van der Waals surface area contributed by atoms with Crippen LogP contribution >= 0.6 is 11.8 Å². The largest absolute Gasteiger partial charge is 0.497 e. The first-order chi connectivity index (χ1) is 14.4. The second-order valence-corrected chi connectivity index (χ2v) is 10.7. The molecule has 7 nitrogen and oxygen atoms in total. The Kier molecular flexibility index (Phi) is 6.01. The summed E-state index contributed by atoms with van der Waals surface area (Å²) < 4.78 is 28.4. The minimum Gasteiger partial charge on any atom is -0.497 e. The summed E-state index contributed by atoms with van der Waals surface area (Å²) in [6, 6.07) is 15.1. The number of carbonyl (C=O) groups excluding carboxylic acids is 1. The van der Waals surface area contributed by atoms with E-state index < -0.39 is 9.84 Å². The van der Waals surface area contributed by atoms with Crippen molar-refractivity contribution in [2.24, 2.45) is 4.99 Å². The Bertz CT molecular complexity index is 1050. The number of nitrogens with zero attached hydrogens (tertiary/aromatic N) is 1. The molecule has 0 radical (unpaired) electrons. The molecule has 2 N–H and O–H groups in total. The SMILES string of the molecule is COc1ccc(CNC(=O)Cc2ccc(NC3=N[C@H]4CS(=O)(=O)C[C@H]4S3)cc2)cc1. The summed E-state index contributed by atoms with van der Waals surface area (Å²) in [5.74, 6) is 1.08. The molecule has 9 heteroatoms. The van der Waals surface area contributed by atoms with Gasteiger partial charge in [-0.05, 0) is 35.4 Å². The zero-order valence-corrected chi connectivity index (χ0v) is 18.1. The molecule has 0 bridgehead atoms. The van der Waals surface area contributed by atoms with Crippen LogP contribution in [0.25, 0.3) is 0 Å². The molecule has 1 amide bonds. The van der Waals surface area contributed by atoms with E-state index >= 15 is 0 Å². The van der Waals surface area contributed by atoms with Gasteiger partial charge in [0.05, 0.1) is 31.1 Å². The summed E-state index contributed by atoms with van der Waals surface area (Å²) in [5.41, 5.74) is 2.79. The van der Waals surface area contributed by atoms with E-state index in [2.05, 4.69) is 15.6 Å². The van der Waals surface area contributed by atoms with Gasteiger partial charge in [-0.3, -0.25) is 9.79 Å². The molecule has 158 valence electrons. The molecule has 2 aromatic carbocycles. The summed E-state index contributed by atoms with van der Waals surface area (Å²) in [6.45, 7) is 0.470. The molecule has 0 spiro atoms. The maximum absolute atomic E-state index is 12.2. The Balaban J connectivity index is 1.26. The van der Waals surface area contributed by atoms with Gasteiger partial charge < -0.3 is 15.4 Å². The van der Waals surface area contributed by atoms with E-state index in [9.17, 15) is 13.2 Å². The summed E-state index contributed by atoms with van der Waals surface area (Å²) in [6.07, 6.45) is 0.300. The van der Waals surface area contributed by atoms with Crippen molar-refractivity contribution in [3.05, 3.63) is 59.7 Å². The van der Waals surface area contributed by atoms with Crippen molar-refractivity contribution in [2.75, 3.05) is 23.9 Å². The molecule has 2 heterocycles. The third-order valence-electron chi connectivity index (χ3n) is 5.04. The van der Waals surface area contributed by atoms with Crippen LogP contribution in [0.1, 0.15) is 11.1 Å². The maximum Gasteiger partial charge on any atom is 0.224 e. The first-order valence-electron chi connectivity index (χ1n) is 9.61. The van der Waals surface area contributed by atoms with Gasteiger partial charge in [-0.1, -0.05) is 36.0 Å². The van der Waals surface area contributed by atoms with Crippen LogP contribution in [0.3, 0.4) is 0 Å². The Morgan fingerprint density at radius 1 is 1.10 bits per heavy atom. The number of nitrogens with one attached hydrogen (secondary N) is 2. The Morgan fingerprint density at radius 2 is 1.80 bits per heavy atom. The van der Waals surface area contributed by atoms with Gasteiger partial charge in [-0.25, -0.2) is 8.42 Å². The van der Waals surface area contributed by atoms with Crippen molar-refractivity contribution in [3.8, 4) is 5.75 Å². The van der Waals surface area contributed by atoms with Gasteiger partial charge >= 0.3 is 0 Å². The molecule has 30 heavy (non-hydrogen) atoms. The number of benzene rings is 2. The predicted octanol–water partition coefficient (Wildman–Crippen LogP) is 2.23. The topological polar surface area (TPSA) is 96.9 Å². The van der Waals surface area contributed by atoms with Gasteiger partial charge in [-0.2, -0.15) is 0 Å². The second-order valence-electron chi connectivity index (χ2n) is 7.36.